The van der Waals surface area contributed by atoms with Crippen LogP contribution in [-0.2, 0) is 9.59 Å². The second-order valence-corrected chi connectivity index (χ2v) is 12.8. The Balaban J connectivity index is 1.81. The van der Waals surface area contributed by atoms with Gasteiger partial charge in [-0.1, -0.05) is 12.8 Å². The van der Waals surface area contributed by atoms with Gasteiger partial charge in [0.05, 0.1) is 23.2 Å². The summed E-state index contributed by atoms with van der Waals surface area (Å²) >= 11 is 0. The molecule has 2 saturated heterocycles. The van der Waals surface area contributed by atoms with Crippen molar-refractivity contribution in [3.63, 3.8) is 0 Å². The Morgan fingerprint density at radius 3 is 1.29 bits per heavy atom. The maximum absolute atomic E-state index is 11.9. The van der Waals surface area contributed by atoms with E-state index in [-0.39, 0.29) is 23.2 Å². The van der Waals surface area contributed by atoms with Crippen LogP contribution in [0, 0.1) is 0 Å². The molecular weight excluding hydrogens is 432 g/mol. The summed E-state index contributed by atoms with van der Waals surface area (Å²) in [5, 5.41) is 24.3. The molecule has 8 nitrogen and oxygen atoms in total. The fourth-order valence-electron chi connectivity index (χ4n) is 6.39. The van der Waals surface area contributed by atoms with Crippen LogP contribution in [0.15, 0.2) is 0 Å². The number of piperidine rings is 2. The van der Waals surface area contributed by atoms with Gasteiger partial charge in [-0.05, 0) is 93.9 Å². The molecule has 0 aliphatic carbocycles. The molecule has 2 heterocycles. The molecule has 0 spiro atoms. The van der Waals surface area contributed by atoms with Gasteiger partial charge in [-0.15, -0.1) is 0 Å². The molecule has 0 saturated carbocycles. The number of hydroxylamine groups is 4. The predicted octanol–water partition coefficient (Wildman–Crippen LogP) is 4.29. The average molecular weight is 483 g/mol. The lowest BCUT2D eigenvalue weighted by Crippen LogP contribution is -2.67. The lowest BCUT2D eigenvalue weighted by atomic mass is 9.77. The average Bonchev–Trinajstić information content (AvgIpc) is 2.75. The quantitative estimate of drug-likeness (QED) is 0.337. The number of unbranched alkanes of at least 4 members (excludes halogenated alkanes) is 3. The second-order valence-electron chi connectivity index (χ2n) is 12.8. The zero-order chi connectivity index (χ0) is 25.9. The number of nitrogens with zero attached hydrogens (tertiary/aromatic N) is 4. The number of carbonyl (C=O) groups is 2. The Hall–Kier alpha value is -1.22. The molecule has 2 rings (SSSR count). The van der Waals surface area contributed by atoms with Crippen molar-refractivity contribution in [1.82, 2.24) is 19.9 Å². The van der Waals surface area contributed by atoms with Gasteiger partial charge in [0, 0.05) is 24.2 Å². The highest BCUT2D eigenvalue weighted by atomic mass is 16.5. The molecule has 2 N–H and O–H groups in total. The van der Waals surface area contributed by atoms with Crippen LogP contribution in [0.4, 0.5) is 0 Å². The van der Waals surface area contributed by atoms with Crippen LogP contribution in [0.2, 0.25) is 0 Å². The number of amides is 2. The van der Waals surface area contributed by atoms with E-state index in [2.05, 4.69) is 0 Å². The van der Waals surface area contributed by atoms with Crippen molar-refractivity contribution >= 4 is 12.8 Å². The van der Waals surface area contributed by atoms with Crippen molar-refractivity contribution < 1.29 is 20.0 Å². The van der Waals surface area contributed by atoms with E-state index >= 15 is 0 Å². The highest BCUT2D eigenvalue weighted by Crippen LogP contribution is 2.40. The maximum atomic E-state index is 11.9. The van der Waals surface area contributed by atoms with E-state index in [1.54, 1.807) is 0 Å². The molecule has 2 aliphatic rings. The van der Waals surface area contributed by atoms with E-state index in [1.165, 1.54) is 10.1 Å². The summed E-state index contributed by atoms with van der Waals surface area (Å²) in [6, 6.07) is -0.0411. The highest BCUT2D eigenvalue weighted by Gasteiger charge is 2.50. The summed E-state index contributed by atoms with van der Waals surface area (Å²) in [4.78, 5) is 27.5. The summed E-state index contributed by atoms with van der Waals surface area (Å²) in [7, 11) is 0. The zero-order valence-corrected chi connectivity index (χ0v) is 22.9. The van der Waals surface area contributed by atoms with Crippen molar-refractivity contribution in [3.8, 4) is 0 Å². The number of carbonyl (C=O) groups excluding carboxylic acids is 2. The van der Waals surface area contributed by atoms with Gasteiger partial charge in [0.1, 0.15) is 0 Å². The molecule has 0 radical (unpaired) electrons. The lowest BCUT2D eigenvalue weighted by Gasteiger charge is -2.55. The van der Waals surface area contributed by atoms with E-state index in [0.29, 0.717) is 13.1 Å². The van der Waals surface area contributed by atoms with E-state index in [9.17, 15) is 20.0 Å². The standard InChI is InChI=1S/C26H50N4O4/c1-23(2)15-13-21(25(5,6)29(23)33)27(19-31)17-11-9-10-12-18-28(20-32)22-14-16-24(3,4)30(34)26(22,7)8/h19-22,33-34H,9-18H2,1-8H3. The van der Waals surface area contributed by atoms with Crippen LogP contribution >= 0.6 is 0 Å². The van der Waals surface area contributed by atoms with Gasteiger partial charge in [0.25, 0.3) is 0 Å². The lowest BCUT2D eigenvalue weighted by molar-refractivity contribution is -0.258. The second kappa shape index (κ2) is 10.8. The van der Waals surface area contributed by atoms with Crippen molar-refractivity contribution in [2.75, 3.05) is 13.1 Å². The molecule has 0 aromatic carbocycles. The first kappa shape index (κ1) is 29.0. The molecule has 198 valence electrons. The largest absolute Gasteiger partial charge is 0.340 e. The van der Waals surface area contributed by atoms with E-state index in [4.69, 9.17) is 0 Å². The van der Waals surface area contributed by atoms with E-state index in [0.717, 1.165) is 64.2 Å². The van der Waals surface area contributed by atoms with Crippen molar-refractivity contribution in [3.05, 3.63) is 0 Å². The number of hydrogen-bond acceptors (Lipinski definition) is 6. The van der Waals surface area contributed by atoms with Crippen LogP contribution in [0.5, 0.6) is 0 Å². The molecule has 2 amide bonds. The van der Waals surface area contributed by atoms with Gasteiger partial charge < -0.3 is 20.2 Å². The fourth-order valence-corrected chi connectivity index (χ4v) is 6.39. The smallest absolute Gasteiger partial charge is 0.210 e. The van der Waals surface area contributed by atoms with Gasteiger partial charge in [-0.25, -0.2) is 0 Å². The molecular formula is C26H50N4O4. The molecule has 2 unspecified atom stereocenters. The van der Waals surface area contributed by atoms with Gasteiger partial charge >= 0.3 is 0 Å². The zero-order valence-electron chi connectivity index (χ0n) is 22.9. The molecule has 34 heavy (non-hydrogen) atoms. The molecule has 2 aliphatic heterocycles. The Morgan fingerprint density at radius 1 is 0.676 bits per heavy atom. The molecule has 0 aromatic rings. The first-order valence-electron chi connectivity index (χ1n) is 13.0. The Kier molecular flexibility index (Phi) is 9.22. The molecule has 0 aromatic heterocycles. The van der Waals surface area contributed by atoms with Crippen molar-refractivity contribution in [1.29, 1.82) is 0 Å². The first-order chi connectivity index (χ1) is 15.6. The monoisotopic (exact) mass is 482 g/mol. The van der Waals surface area contributed by atoms with Gasteiger partial charge in [-0.2, -0.15) is 10.1 Å². The van der Waals surface area contributed by atoms with Gasteiger partial charge in [-0.3, -0.25) is 9.59 Å². The summed E-state index contributed by atoms with van der Waals surface area (Å²) in [6.07, 6.45) is 9.04. The van der Waals surface area contributed by atoms with Crippen LogP contribution in [0.3, 0.4) is 0 Å². The number of rotatable bonds is 11. The summed E-state index contributed by atoms with van der Waals surface area (Å²) in [5.41, 5.74) is -1.60. The molecule has 8 heteroatoms. The Morgan fingerprint density at radius 2 is 1.00 bits per heavy atom. The molecule has 0 bridgehead atoms. The fraction of sp³-hybridized carbons (Fsp3) is 0.923. The minimum atomic E-state index is -0.505. The summed E-state index contributed by atoms with van der Waals surface area (Å²) in [5.74, 6) is 0. The third kappa shape index (κ3) is 5.94. The van der Waals surface area contributed by atoms with Crippen LogP contribution in [0.25, 0.3) is 0 Å². The van der Waals surface area contributed by atoms with E-state index in [1.807, 2.05) is 65.2 Å². The SMILES string of the molecule is CC1(C)CCC(N(C=O)CCCCCCN(C=O)C2CCC(C)(C)N(O)C2(C)C)C(C)(C)N1O. The number of hydrogen-bond donors (Lipinski definition) is 2. The van der Waals surface area contributed by atoms with Gasteiger partial charge in [0.2, 0.25) is 12.8 Å². The Labute approximate surface area is 207 Å². The van der Waals surface area contributed by atoms with Crippen molar-refractivity contribution in [2.45, 2.75) is 141 Å². The molecule has 2 fully saturated rings. The van der Waals surface area contributed by atoms with Crippen molar-refractivity contribution in [2.24, 2.45) is 0 Å². The van der Waals surface area contributed by atoms with Crippen LogP contribution < -0.4 is 0 Å². The molecule has 2 atom stereocenters. The first-order valence-corrected chi connectivity index (χ1v) is 13.0. The Bertz CT molecular complexity index is 636. The van der Waals surface area contributed by atoms with E-state index < -0.39 is 11.1 Å². The normalized spacial score (nSPS) is 28.3. The topological polar surface area (TPSA) is 87.6 Å². The van der Waals surface area contributed by atoms with Crippen LogP contribution in [0.1, 0.15) is 107 Å². The summed E-state index contributed by atoms with van der Waals surface area (Å²) in [6.45, 7) is 17.5. The summed E-state index contributed by atoms with van der Waals surface area (Å²) < 4.78 is 0. The van der Waals surface area contributed by atoms with Gasteiger partial charge in [0.15, 0.2) is 0 Å². The van der Waals surface area contributed by atoms with Crippen LogP contribution in [-0.4, -0.2) is 90.5 Å². The highest BCUT2D eigenvalue weighted by molar-refractivity contribution is 5.49. The minimum Gasteiger partial charge on any atom is -0.340 e. The third-order valence-corrected chi connectivity index (χ3v) is 8.58. The maximum Gasteiger partial charge on any atom is 0.210 e. The predicted molar refractivity (Wildman–Crippen MR) is 134 cm³/mol. The third-order valence-electron chi connectivity index (χ3n) is 8.58. The minimum absolute atomic E-state index is 0.0206.